The van der Waals surface area contributed by atoms with Crippen LogP contribution in [0.15, 0.2) is 60.9 Å². The van der Waals surface area contributed by atoms with Crippen LogP contribution in [0.5, 0.6) is 0 Å². The van der Waals surface area contributed by atoms with Crippen LogP contribution in [0, 0.1) is 6.92 Å². The standard InChI is InChI=1S/C35H42F3N5OSi/c1-22(2)27-11-9-10-12-28(27)33-39-20-29-30(41-33)26(21-43(29)17-18-44-45(7,8)34(4,5)6)19-24-13-15-25(16-14-24)32-40-23(3)31(42-32)35(36,37)38/h9-16,20-22H,17-19H2,1-8H3,(H,40,42). The Bertz CT molecular complexity index is 1800. The lowest BCUT2D eigenvalue weighted by Crippen LogP contribution is -2.41. The van der Waals surface area contributed by atoms with Crippen LogP contribution in [0.1, 0.15) is 68.6 Å². The molecule has 5 aromatic rings. The topological polar surface area (TPSA) is 68.6 Å². The Morgan fingerprint density at radius 1 is 0.978 bits per heavy atom. The molecule has 45 heavy (non-hydrogen) atoms. The lowest BCUT2D eigenvalue weighted by molar-refractivity contribution is -0.141. The molecule has 0 aliphatic rings. The van der Waals surface area contributed by atoms with Crippen molar-refractivity contribution in [2.75, 3.05) is 6.61 Å². The lowest BCUT2D eigenvalue weighted by Gasteiger charge is -2.36. The summed E-state index contributed by atoms with van der Waals surface area (Å²) in [4.78, 5) is 16.5. The molecule has 0 unspecified atom stereocenters. The molecule has 3 aromatic heterocycles. The van der Waals surface area contributed by atoms with Crippen LogP contribution in [-0.4, -0.2) is 39.4 Å². The molecule has 1 N–H and O–H groups in total. The molecule has 0 saturated carbocycles. The van der Waals surface area contributed by atoms with Gasteiger partial charge in [0.15, 0.2) is 19.8 Å². The molecule has 0 fully saturated rings. The molecule has 6 nitrogen and oxygen atoms in total. The number of aryl methyl sites for hydroxylation is 1. The highest BCUT2D eigenvalue weighted by molar-refractivity contribution is 6.74. The van der Waals surface area contributed by atoms with Crippen LogP contribution in [0.4, 0.5) is 13.2 Å². The molecule has 0 atom stereocenters. The quantitative estimate of drug-likeness (QED) is 0.164. The molecule has 3 heterocycles. The Kier molecular flexibility index (Phi) is 8.85. The number of halogens is 3. The van der Waals surface area contributed by atoms with Crippen LogP contribution in [0.3, 0.4) is 0 Å². The first kappa shape index (κ1) is 32.6. The maximum Gasteiger partial charge on any atom is 0.435 e. The predicted molar refractivity (Wildman–Crippen MR) is 177 cm³/mol. The molecule has 0 radical (unpaired) electrons. The molecule has 0 saturated heterocycles. The van der Waals surface area contributed by atoms with Crippen molar-refractivity contribution >= 4 is 19.4 Å². The predicted octanol–water partition coefficient (Wildman–Crippen LogP) is 9.55. The SMILES string of the molecule is Cc1[nH]c(-c2ccc(Cc3cn(CCO[Si](C)(C)C(C)(C)C)c4cnc(-c5ccccc5C(C)C)nc34)cc2)nc1C(F)(F)F. The second-order valence-electron chi connectivity index (χ2n) is 13.6. The van der Waals surface area contributed by atoms with Gasteiger partial charge in [-0.25, -0.2) is 15.0 Å². The molecule has 2 aromatic carbocycles. The summed E-state index contributed by atoms with van der Waals surface area (Å²) in [5.41, 5.74) is 5.80. The minimum absolute atomic E-state index is 0.00134. The van der Waals surface area contributed by atoms with Crippen LogP contribution in [0.25, 0.3) is 33.8 Å². The number of benzene rings is 2. The molecular weight excluding hydrogens is 591 g/mol. The summed E-state index contributed by atoms with van der Waals surface area (Å²) < 4.78 is 48.6. The Morgan fingerprint density at radius 2 is 1.67 bits per heavy atom. The average Bonchev–Trinajstić information content (AvgIpc) is 3.53. The van der Waals surface area contributed by atoms with Crippen LogP contribution in [0.2, 0.25) is 18.1 Å². The van der Waals surface area contributed by atoms with E-state index in [0.717, 1.165) is 27.7 Å². The van der Waals surface area contributed by atoms with Crippen LogP contribution in [-0.2, 0) is 23.6 Å². The van der Waals surface area contributed by atoms with Crippen molar-refractivity contribution in [3.05, 3.63) is 89.0 Å². The van der Waals surface area contributed by atoms with Gasteiger partial charge in [0.25, 0.3) is 0 Å². The minimum Gasteiger partial charge on any atom is -0.415 e. The first-order valence-corrected chi connectivity index (χ1v) is 18.3. The largest absolute Gasteiger partial charge is 0.435 e. The van der Waals surface area contributed by atoms with E-state index in [1.165, 1.54) is 12.5 Å². The van der Waals surface area contributed by atoms with E-state index < -0.39 is 20.2 Å². The van der Waals surface area contributed by atoms with Crippen molar-refractivity contribution in [2.45, 2.75) is 84.7 Å². The fourth-order valence-corrected chi connectivity index (χ4v) is 6.31. The number of aromatic amines is 1. The number of hydrogen-bond acceptors (Lipinski definition) is 4. The van der Waals surface area contributed by atoms with E-state index in [1.54, 1.807) is 12.1 Å². The highest BCUT2D eigenvalue weighted by Crippen LogP contribution is 2.37. The smallest absolute Gasteiger partial charge is 0.415 e. The number of nitrogens with zero attached hydrogens (tertiary/aromatic N) is 4. The number of fused-ring (bicyclic) bond motifs is 1. The maximum absolute atomic E-state index is 13.3. The van der Waals surface area contributed by atoms with Gasteiger partial charge in [-0.2, -0.15) is 13.2 Å². The second-order valence-corrected chi connectivity index (χ2v) is 18.4. The number of alkyl halides is 3. The number of H-pyrrole nitrogens is 1. The summed E-state index contributed by atoms with van der Waals surface area (Å²) in [6, 6.07) is 15.7. The number of aromatic nitrogens is 5. The third-order valence-electron chi connectivity index (χ3n) is 8.89. The lowest BCUT2D eigenvalue weighted by atomic mass is 9.97. The molecule has 0 aliphatic carbocycles. The summed E-state index contributed by atoms with van der Waals surface area (Å²) >= 11 is 0. The van der Waals surface area contributed by atoms with Crippen LogP contribution >= 0.6 is 0 Å². The summed E-state index contributed by atoms with van der Waals surface area (Å²) in [5, 5.41) is 0.119. The maximum atomic E-state index is 13.3. The van der Waals surface area contributed by atoms with Gasteiger partial charge in [-0.1, -0.05) is 83.1 Å². The Morgan fingerprint density at radius 3 is 2.29 bits per heavy atom. The second kappa shape index (κ2) is 12.2. The molecule has 0 spiro atoms. The van der Waals surface area contributed by atoms with E-state index in [2.05, 4.69) is 80.6 Å². The molecule has 0 aliphatic heterocycles. The number of rotatable bonds is 9. The van der Waals surface area contributed by atoms with Gasteiger partial charge in [-0.3, -0.25) is 0 Å². The number of hydrogen-bond donors (Lipinski definition) is 1. The van der Waals surface area contributed by atoms with Crippen molar-refractivity contribution in [1.29, 1.82) is 0 Å². The third kappa shape index (κ3) is 6.91. The monoisotopic (exact) mass is 633 g/mol. The van der Waals surface area contributed by atoms with Gasteiger partial charge in [0.05, 0.1) is 23.8 Å². The van der Waals surface area contributed by atoms with E-state index in [0.29, 0.717) is 36.9 Å². The fourth-order valence-electron chi connectivity index (χ4n) is 5.28. The zero-order valence-corrected chi connectivity index (χ0v) is 28.3. The van der Waals surface area contributed by atoms with Gasteiger partial charge in [0, 0.05) is 41.5 Å². The Hall–Kier alpha value is -3.76. The Balaban J connectivity index is 1.48. The van der Waals surface area contributed by atoms with Gasteiger partial charge in [0.2, 0.25) is 0 Å². The summed E-state index contributed by atoms with van der Waals surface area (Å²) in [6.45, 7) is 18.2. The summed E-state index contributed by atoms with van der Waals surface area (Å²) in [7, 11) is -1.91. The number of imidazole rings is 1. The zero-order valence-electron chi connectivity index (χ0n) is 27.3. The molecule has 238 valence electrons. The molecule has 10 heteroatoms. The molecule has 5 rings (SSSR count). The summed E-state index contributed by atoms with van der Waals surface area (Å²) in [6.07, 6.45) is 0.135. The highest BCUT2D eigenvalue weighted by atomic mass is 28.4. The Labute approximate surface area is 264 Å². The summed E-state index contributed by atoms with van der Waals surface area (Å²) in [5.74, 6) is 1.21. The van der Waals surface area contributed by atoms with E-state index >= 15 is 0 Å². The van der Waals surface area contributed by atoms with Gasteiger partial charge in [-0.15, -0.1) is 0 Å². The molecule has 0 amide bonds. The van der Waals surface area contributed by atoms with Gasteiger partial charge < -0.3 is 14.0 Å². The number of nitrogens with one attached hydrogen (secondary N) is 1. The first-order valence-electron chi connectivity index (χ1n) is 15.4. The van der Waals surface area contributed by atoms with Gasteiger partial charge in [0.1, 0.15) is 5.82 Å². The van der Waals surface area contributed by atoms with E-state index in [1.807, 2.05) is 30.5 Å². The van der Waals surface area contributed by atoms with Crippen molar-refractivity contribution in [3.8, 4) is 22.8 Å². The third-order valence-corrected chi connectivity index (χ3v) is 13.4. The highest BCUT2D eigenvalue weighted by Gasteiger charge is 2.37. The minimum atomic E-state index is -4.50. The zero-order chi connectivity index (χ0) is 32.7. The van der Waals surface area contributed by atoms with Crippen LogP contribution < -0.4 is 0 Å². The van der Waals surface area contributed by atoms with E-state index in [9.17, 15) is 13.2 Å². The first-order chi connectivity index (χ1) is 21.0. The average molecular weight is 634 g/mol. The van der Waals surface area contributed by atoms with E-state index in [-0.39, 0.29) is 16.6 Å². The van der Waals surface area contributed by atoms with Crippen molar-refractivity contribution in [1.82, 2.24) is 24.5 Å². The van der Waals surface area contributed by atoms with Gasteiger partial charge >= 0.3 is 6.18 Å². The normalized spacial score (nSPS) is 12.9. The van der Waals surface area contributed by atoms with E-state index in [4.69, 9.17) is 14.4 Å². The molecule has 0 bridgehead atoms. The fraction of sp³-hybridized carbons (Fsp3) is 0.400. The van der Waals surface area contributed by atoms with Gasteiger partial charge in [-0.05, 0) is 42.1 Å². The van der Waals surface area contributed by atoms with Crippen molar-refractivity contribution in [3.63, 3.8) is 0 Å². The van der Waals surface area contributed by atoms with Crippen molar-refractivity contribution < 1.29 is 17.6 Å². The van der Waals surface area contributed by atoms with Crippen molar-refractivity contribution in [2.24, 2.45) is 0 Å². The molecular formula is C35H42F3N5OSi.